The molecule has 1 aromatic rings. The standard InChI is InChI=1S/C21H34N2O3/c1-16-6-5-7-18(14-16)23-12-10-22(11-13-23)15-17-8-9-19(24-2)21(26-4)20(17)25-3/h8-9,16,18H,5-7,10-15H2,1-4H3/p+2/t16-,18-/m0/s1. The van der Waals surface area contributed by atoms with Crippen LogP contribution in [-0.2, 0) is 6.54 Å². The van der Waals surface area contributed by atoms with Gasteiger partial charge < -0.3 is 24.0 Å². The van der Waals surface area contributed by atoms with Crippen LogP contribution in [0.25, 0.3) is 0 Å². The molecule has 5 heteroatoms. The lowest BCUT2D eigenvalue weighted by molar-refractivity contribution is -1.03. The Morgan fingerprint density at radius 1 is 0.923 bits per heavy atom. The highest BCUT2D eigenvalue weighted by atomic mass is 16.5. The first kappa shape index (κ1) is 19.3. The van der Waals surface area contributed by atoms with E-state index >= 15 is 0 Å². The van der Waals surface area contributed by atoms with Gasteiger partial charge in [-0.1, -0.05) is 13.3 Å². The molecule has 0 spiro atoms. The van der Waals surface area contributed by atoms with E-state index < -0.39 is 0 Å². The number of rotatable bonds is 6. The minimum atomic E-state index is 0.701. The zero-order valence-corrected chi connectivity index (χ0v) is 16.9. The van der Waals surface area contributed by atoms with Crippen molar-refractivity contribution in [3.8, 4) is 17.2 Å². The van der Waals surface area contributed by atoms with Crippen molar-refractivity contribution in [2.24, 2.45) is 5.92 Å². The minimum absolute atomic E-state index is 0.701. The zero-order valence-electron chi connectivity index (χ0n) is 16.9. The lowest BCUT2D eigenvalue weighted by Gasteiger charge is -2.37. The Labute approximate surface area is 158 Å². The van der Waals surface area contributed by atoms with Gasteiger partial charge in [0.15, 0.2) is 11.5 Å². The summed E-state index contributed by atoms with van der Waals surface area (Å²) in [6.45, 7) is 8.47. The lowest BCUT2D eigenvalue weighted by atomic mass is 9.86. The molecule has 2 atom stereocenters. The van der Waals surface area contributed by atoms with Crippen LogP contribution in [-0.4, -0.2) is 53.6 Å². The molecule has 0 aromatic heterocycles. The topological polar surface area (TPSA) is 36.6 Å². The summed E-state index contributed by atoms with van der Waals surface area (Å²) in [4.78, 5) is 3.49. The van der Waals surface area contributed by atoms with Gasteiger partial charge in [0.2, 0.25) is 5.75 Å². The van der Waals surface area contributed by atoms with Crippen molar-refractivity contribution in [2.45, 2.75) is 45.2 Å². The molecule has 1 heterocycles. The van der Waals surface area contributed by atoms with Crippen molar-refractivity contribution in [1.29, 1.82) is 0 Å². The molecule has 5 nitrogen and oxygen atoms in total. The van der Waals surface area contributed by atoms with E-state index in [0.29, 0.717) is 5.75 Å². The van der Waals surface area contributed by atoms with Crippen LogP contribution in [0.4, 0.5) is 0 Å². The van der Waals surface area contributed by atoms with Gasteiger partial charge in [-0.3, -0.25) is 0 Å². The third-order valence-electron chi connectivity index (χ3n) is 6.34. The number of quaternary nitrogens is 2. The molecule has 2 N–H and O–H groups in total. The van der Waals surface area contributed by atoms with Crippen LogP contribution in [0, 0.1) is 5.92 Å². The molecule has 1 saturated heterocycles. The number of hydrogen-bond donors (Lipinski definition) is 2. The molecule has 1 aromatic carbocycles. The third-order valence-corrected chi connectivity index (χ3v) is 6.34. The van der Waals surface area contributed by atoms with Crippen LogP contribution >= 0.6 is 0 Å². The molecule has 0 unspecified atom stereocenters. The molecule has 0 radical (unpaired) electrons. The number of piperazine rings is 1. The second-order valence-electron chi connectivity index (χ2n) is 8.05. The molecule has 1 aliphatic heterocycles. The Kier molecular flexibility index (Phi) is 6.65. The van der Waals surface area contributed by atoms with Gasteiger partial charge in [-0.15, -0.1) is 0 Å². The summed E-state index contributed by atoms with van der Waals surface area (Å²) in [5.74, 6) is 3.16. The molecule has 0 bridgehead atoms. The zero-order chi connectivity index (χ0) is 18.5. The van der Waals surface area contributed by atoms with E-state index in [1.165, 1.54) is 57.4 Å². The molecule has 1 aliphatic carbocycles. The van der Waals surface area contributed by atoms with Crippen LogP contribution in [0.5, 0.6) is 17.2 Å². The maximum atomic E-state index is 5.66. The van der Waals surface area contributed by atoms with Crippen molar-refractivity contribution in [3.05, 3.63) is 17.7 Å². The van der Waals surface area contributed by atoms with Gasteiger partial charge in [-0.2, -0.15) is 0 Å². The molecule has 2 aliphatic rings. The summed E-state index contributed by atoms with van der Waals surface area (Å²) >= 11 is 0. The summed E-state index contributed by atoms with van der Waals surface area (Å²) in [6.07, 6.45) is 5.71. The molecule has 26 heavy (non-hydrogen) atoms. The number of nitrogens with one attached hydrogen (secondary N) is 2. The van der Waals surface area contributed by atoms with Gasteiger partial charge in [-0.25, -0.2) is 0 Å². The average molecular weight is 365 g/mol. The summed E-state index contributed by atoms with van der Waals surface area (Å²) < 4.78 is 16.6. The first-order chi connectivity index (χ1) is 12.7. The van der Waals surface area contributed by atoms with E-state index in [1.807, 2.05) is 11.0 Å². The summed E-state index contributed by atoms with van der Waals surface area (Å²) in [5, 5.41) is 0. The third kappa shape index (κ3) is 4.26. The van der Waals surface area contributed by atoms with E-state index in [0.717, 1.165) is 30.0 Å². The Hall–Kier alpha value is -1.46. The minimum Gasteiger partial charge on any atom is -0.493 e. The first-order valence-electron chi connectivity index (χ1n) is 10.1. The van der Waals surface area contributed by atoms with Gasteiger partial charge in [0.1, 0.15) is 32.7 Å². The predicted octanol–water partition coefficient (Wildman–Crippen LogP) is 0.575. The predicted molar refractivity (Wildman–Crippen MR) is 103 cm³/mol. The second kappa shape index (κ2) is 8.96. The van der Waals surface area contributed by atoms with Gasteiger partial charge >= 0.3 is 0 Å². The quantitative estimate of drug-likeness (QED) is 0.775. The normalized spacial score (nSPS) is 29.2. The lowest BCUT2D eigenvalue weighted by Crippen LogP contribution is -3.29. The molecular formula is C21H36N2O3+2. The van der Waals surface area contributed by atoms with Crippen molar-refractivity contribution < 1.29 is 24.0 Å². The Balaban J connectivity index is 1.61. The van der Waals surface area contributed by atoms with Crippen molar-refractivity contribution >= 4 is 0 Å². The van der Waals surface area contributed by atoms with Crippen LogP contribution in [0.15, 0.2) is 12.1 Å². The average Bonchev–Trinajstić information content (AvgIpc) is 2.68. The highest BCUT2D eigenvalue weighted by Crippen LogP contribution is 2.39. The summed E-state index contributed by atoms with van der Waals surface area (Å²) in [5.41, 5.74) is 1.20. The first-order valence-corrected chi connectivity index (χ1v) is 10.1. The summed E-state index contributed by atoms with van der Waals surface area (Å²) in [6, 6.07) is 5.01. The molecule has 2 fully saturated rings. The van der Waals surface area contributed by atoms with E-state index in [2.05, 4.69) is 13.0 Å². The smallest absolute Gasteiger partial charge is 0.203 e. The maximum absolute atomic E-state index is 5.66. The van der Waals surface area contributed by atoms with E-state index in [9.17, 15) is 0 Å². The molecule has 3 rings (SSSR count). The van der Waals surface area contributed by atoms with E-state index in [-0.39, 0.29) is 0 Å². The molecular weight excluding hydrogens is 328 g/mol. The SMILES string of the molecule is COc1ccc(C[NH+]2CC[NH+]([C@H]3CCC[C@H](C)C3)CC2)c(OC)c1OC. The monoisotopic (exact) mass is 364 g/mol. The molecule has 1 saturated carbocycles. The fourth-order valence-electron chi connectivity index (χ4n) is 4.89. The second-order valence-corrected chi connectivity index (χ2v) is 8.05. The van der Waals surface area contributed by atoms with E-state index in [4.69, 9.17) is 14.2 Å². The molecule has 0 amide bonds. The molecule has 146 valence electrons. The number of ether oxygens (including phenoxy) is 3. The van der Waals surface area contributed by atoms with Gasteiger partial charge in [0, 0.05) is 6.42 Å². The van der Waals surface area contributed by atoms with Crippen LogP contribution in [0.3, 0.4) is 0 Å². The van der Waals surface area contributed by atoms with Crippen molar-refractivity contribution in [3.63, 3.8) is 0 Å². The van der Waals surface area contributed by atoms with Gasteiger partial charge in [0.05, 0.1) is 32.9 Å². The van der Waals surface area contributed by atoms with Crippen LogP contribution in [0.2, 0.25) is 0 Å². The Morgan fingerprint density at radius 2 is 1.65 bits per heavy atom. The Morgan fingerprint density at radius 3 is 2.27 bits per heavy atom. The maximum Gasteiger partial charge on any atom is 0.203 e. The van der Waals surface area contributed by atoms with Gasteiger partial charge in [0.25, 0.3) is 0 Å². The highest BCUT2D eigenvalue weighted by molar-refractivity contribution is 5.55. The van der Waals surface area contributed by atoms with Crippen LogP contribution in [0.1, 0.15) is 38.2 Å². The number of hydrogen-bond acceptors (Lipinski definition) is 3. The number of methoxy groups -OCH3 is 3. The fourth-order valence-corrected chi connectivity index (χ4v) is 4.89. The summed E-state index contributed by atoms with van der Waals surface area (Å²) in [7, 11) is 5.04. The largest absolute Gasteiger partial charge is 0.493 e. The number of benzene rings is 1. The fraction of sp³-hybridized carbons (Fsp3) is 0.714. The van der Waals surface area contributed by atoms with Crippen molar-refractivity contribution in [2.75, 3.05) is 47.5 Å². The van der Waals surface area contributed by atoms with Crippen molar-refractivity contribution in [1.82, 2.24) is 0 Å². The highest BCUT2D eigenvalue weighted by Gasteiger charge is 2.32. The van der Waals surface area contributed by atoms with Gasteiger partial charge in [-0.05, 0) is 30.9 Å². The van der Waals surface area contributed by atoms with E-state index in [1.54, 1.807) is 26.2 Å². The van der Waals surface area contributed by atoms with Crippen LogP contribution < -0.4 is 24.0 Å². The Bertz CT molecular complexity index is 585.